The summed E-state index contributed by atoms with van der Waals surface area (Å²) in [4.78, 5) is 24.1. The van der Waals surface area contributed by atoms with E-state index in [1.165, 1.54) is 4.57 Å². The van der Waals surface area contributed by atoms with Gasteiger partial charge in [0.2, 0.25) is 0 Å². The number of carbonyl (C=O) groups is 1. The first-order valence-corrected chi connectivity index (χ1v) is 9.31. The van der Waals surface area contributed by atoms with Crippen molar-refractivity contribution in [3.63, 3.8) is 0 Å². The van der Waals surface area contributed by atoms with E-state index < -0.39 is 11.7 Å². The highest BCUT2D eigenvalue weighted by Crippen LogP contribution is 2.38. The van der Waals surface area contributed by atoms with Crippen LogP contribution in [0.4, 0.5) is 0 Å². The summed E-state index contributed by atoms with van der Waals surface area (Å²) in [6.45, 7) is 1.32. The molecule has 8 heteroatoms. The summed E-state index contributed by atoms with van der Waals surface area (Å²) in [6.07, 6.45) is 0.819. The van der Waals surface area contributed by atoms with Gasteiger partial charge in [0, 0.05) is 13.0 Å². The summed E-state index contributed by atoms with van der Waals surface area (Å²) < 4.78 is 23.1. The number of oxazole rings is 1. The van der Waals surface area contributed by atoms with E-state index in [1.54, 1.807) is 36.4 Å². The Labute approximate surface area is 165 Å². The lowest BCUT2D eigenvalue weighted by molar-refractivity contribution is -0.145. The van der Waals surface area contributed by atoms with E-state index in [0.29, 0.717) is 46.4 Å². The van der Waals surface area contributed by atoms with Crippen LogP contribution in [0.3, 0.4) is 0 Å². The predicted octanol–water partition coefficient (Wildman–Crippen LogP) is 3.54. The van der Waals surface area contributed by atoms with Gasteiger partial charge in [-0.05, 0) is 29.8 Å². The molecule has 1 aliphatic rings. The number of ether oxygens (including phenoxy) is 3. The fraction of sp³-hybridized carbons (Fsp3) is 0.300. The topological polar surface area (TPSA) is 79.9 Å². The fourth-order valence-electron chi connectivity index (χ4n) is 3.03. The van der Waals surface area contributed by atoms with Gasteiger partial charge in [-0.25, -0.2) is 4.79 Å². The third-order valence-electron chi connectivity index (χ3n) is 4.38. The van der Waals surface area contributed by atoms with E-state index in [0.717, 1.165) is 6.42 Å². The Hall–Kier alpha value is -2.93. The molecule has 7 nitrogen and oxygen atoms in total. The van der Waals surface area contributed by atoms with Crippen molar-refractivity contribution in [3.05, 3.63) is 57.5 Å². The molecule has 1 aliphatic heterocycles. The summed E-state index contributed by atoms with van der Waals surface area (Å²) in [6, 6.07) is 10.5. The largest absolute Gasteiger partial charge is 0.489 e. The molecule has 0 saturated carbocycles. The SMILES string of the molecule is O=C(CCn1c(=O)oc2ccccc21)OCc1cc(Cl)c2c(c1)OCCCO2. The van der Waals surface area contributed by atoms with E-state index in [-0.39, 0.29) is 19.6 Å². The number of carbonyl (C=O) groups excluding carboxylic acids is 1. The molecule has 2 heterocycles. The first-order chi connectivity index (χ1) is 13.6. The molecule has 2 aromatic carbocycles. The lowest BCUT2D eigenvalue weighted by Crippen LogP contribution is -2.17. The first kappa shape index (κ1) is 18.4. The van der Waals surface area contributed by atoms with Crippen molar-refractivity contribution in [1.29, 1.82) is 0 Å². The number of aryl methyl sites for hydroxylation is 1. The van der Waals surface area contributed by atoms with E-state index in [4.69, 9.17) is 30.2 Å². The van der Waals surface area contributed by atoms with Crippen molar-refractivity contribution < 1.29 is 23.4 Å². The van der Waals surface area contributed by atoms with Gasteiger partial charge in [0.25, 0.3) is 0 Å². The lowest BCUT2D eigenvalue weighted by Gasteiger charge is -2.12. The highest BCUT2D eigenvalue weighted by Gasteiger charge is 2.17. The molecule has 0 atom stereocenters. The molecule has 1 aromatic heterocycles. The molecule has 0 fully saturated rings. The number of halogens is 1. The molecule has 0 radical (unpaired) electrons. The van der Waals surface area contributed by atoms with Crippen LogP contribution in [0, 0.1) is 0 Å². The zero-order valence-corrected chi connectivity index (χ0v) is 15.7. The van der Waals surface area contributed by atoms with Crippen LogP contribution in [0.1, 0.15) is 18.4 Å². The molecule has 0 N–H and O–H groups in total. The maximum Gasteiger partial charge on any atom is 0.419 e. The normalized spacial score (nSPS) is 13.3. The van der Waals surface area contributed by atoms with Crippen molar-refractivity contribution in [2.24, 2.45) is 0 Å². The van der Waals surface area contributed by atoms with Crippen molar-refractivity contribution in [3.8, 4) is 11.5 Å². The number of nitrogens with zero attached hydrogens (tertiary/aromatic N) is 1. The highest BCUT2D eigenvalue weighted by atomic mass is 35.5. The summed E-state index contributed by atoms with van der Waals surface area (Å²) in [5.41, 5.74) is 1.84. The molecule has 4 rings (SSSR count). The average molecular weight is 404 g/mol. The molecule has 0 spiro atoms. The van der Waals surface area contributed by atoms with Crippen LogP contribution in [-0.2, 0) is 22.7 Å². The lowest BCUT2D eigenvalue weighted by atomic mass is 10.2. The van der Waals surface area contributed by atoms with Crippen LogP contribution in [0.2, 0.25) is 5.02 Å². The maximum absolute atomic E-state index is 12.1. The van der Waals surface area contributed by atoms with Crippen molar-refractivity contribution in [1.82, 2.24) is 4.57 Å². The van der Waals surface area contributed by atoms with Crippen molar-refractivity contribution in [2.45, 2.75) is 26.0 Å². The van der Waals surface area contributed by atoms with Crippen LogP contribution >= 0.6 is 11.6 Å². The minimum Gasteiger partial charge on any atom is -0.489 e. The number of fused-ring (bicyclic) bond motifs is 2. The third kappa shape index (κ3) is 3.84. The zero-order chi connectivity index (χ0) is 19.5. The van der Waals surface area contributed by atoms with Gasteiger partial charge >= 0.3 is 11.7 Å². The number of para-hydroxylation sites is 2. The van der Waals surface area contributed by atoms with Gasteiger partial charge in [-0.15, -0.1) is 0 Å². The summed E-state index contributed by atoms with van der Waals surface area (Å²) >= 11 is 6.24. The van der Waals surface area contributed by atoms with Crippen molar-refractivity contribution in [2.75, 3.05) is 13.2 Å². The number of hydrogen-bond donors (Lipinski definition) is 0. The molecule has 146 valence electrons. The quantitative estimate of drug-likeness (QED) is 0.606. The number of hydrogen-bond acceptors (Lipinski definition) is 6. The standard InChI is InChI=1S/C20H18ClNO6/c21-14-10-13(11-17-19(14)26-9-3-8-25-17)12-27-18(23)6-7-22-15-4-1-2-5-16(15)28-20(22)24/h1-2,4-5,10-11H,3,6-9,12H2. The van der Waals surface area contributed by atoms with E-state index in [9.17, 15) is 9.59 Å². The molecule has 0 saturated heterocycles. The Morgan fingerprint density at radius 2 is 2.00 bits per heavy atom. The second-order valence-electron chi connectivity index (χ2n) is 6.35. The number of aromatic nitrogens is 1. The van der Waals surface area contributed by atoms with E-state index >= 15 is 0 Å². The Morgan fingerprint density at radius 1 is 1.18 bits per heavy atom. The second-order valence-corrected chi connectivity index (χ2v) is 6.76. The molecular formula is C20H18ClNO6. The average Bonchev–Trinajstić information content (AvgIpc) is 2.84. The smallest absolute Gasteiger partial charge is 0.419 e. The molecule has 0 amide bonds. The summed E-state index contributed by atoms with van der Waals surface area (Å²) in [7, 11) is 0. The molecule has 0 aliphatic carbocycles. The molecular weight excluding hydrogens is 386 g/mol. The van der Waals surface area contributed by atoms with Gasteiger partial charge in [-0.2, -0.15) is 0 Å². The highest BCUT2D eigenvalue weighted by molar-refractivity contribution is 6.32. The van der Waals surface area contributed by atoms with E-state index in [1.807, 2.05) is 0 Å². The fourth-order valence-corrected chi connectivity index (χ4v) is 3.32. The van der Waals surface area contributed by atoms with Crippen LogP contribution in [0.25, 0.3) is 11.1 Å². The maximum atomic E-state index is 12.1. The molecule has 28 heavy (non-hydrogen) atoms. The Kier molecular flexibility index (Phi) is 5.25. The van der Waals surface area contributed by atoms with Gasteiger partial charge in [-0.1, -0.05) is 23.7 Å². The predicted molar refractivity (Wildman–Crippen MR) is 102 cm³/mol. The first-order valence-electron chi connectivity index (χ1n) is 8.94. The van der Waals surface area contributed by atoms with Gasteiger partial charge in [0.05, 0.1) is 30.2 Å². The summed E-state index contributed by atoms with van der Waals surface area (Å²) in [5, 5.41) is 0.418. The van der Waals surface area contributed by atoms with Crippen LogP contribution < -0.4 is 15.2 Å². The third-order valence-corrected chi connectivity index (χ3v) is 4.66. The second kappa shape index (κ2) is 7.98. The minimum atomic E-state index is -0.497. The Balaban J connectivity index is 1.38. The molecule has 0 bridgehead atoms. The zero-order valence-electron chi connectivity index (χ0n) is 15.0. The number of rotatable bonds is 5. The van der Waals surface area contributed by atoms with Crippen LogP contribution in [0.5, 0.6) is 11.5 Å². The van der Waals surface area contributed by atoms with Crippen LogP contribution in [0.15, 0.2) is 45.6 Å². The van der Waals surface area contributed by atoms with Gasteiger partial charge in [0.15, 0.2) is 17.1 Å². The van der Waals surface area contributed by atoms with Gasteiger partial charge < -0.3 is 18.6 Å². The monoisotopic (exact) mass is 403 g/mol. The minimum absolute atomic E-state index is 0.0434. The van der Waals surface area contributed by atoms with Gasteiger partial charge in [-0.3, -0.25) is 9.36 Å². The summed E-state index contributed by atoms with van der Waals surface area (Å²) in [5.74, 6) is 0.136. The van der Waals surface area contributed by atoms with E-state index in [2.05, 4.69) is 0 Å². The molecule has 0 unspecified atom stereocenters. The Bertz CT molecular complexity index is 1070. The molecule has 3 aromatic rings. The van der Waals surface area contributed by atoms with Gasteiger partial charge in [0.1, 0.15) is 6.61 Å². The number of benzene rings is 2. The van der Waals surface area contributed by atoms with Crippen LogP contribution in [-0.4, -0.2) is 23.8 Å². The Morgan fingerprint density at radius 3 is 2.89 bits per heavy atom. The number of esters is 1. The van der Waals surface area contributed by atoms with Crippen molar-refractivity contribution >= 4 is 28.7 Å².